The molecule has 7 nitrogen and oxygen atoms in total. The molecule has 2 aliphatic rings. The number of ketones is 1. The average Bonchev–Trinajstić information content (AvgIpc) is 2.78. The normalized spacial score (nSPS) is 18.6. The van der Waals surface area contributed by atoms with E-state index in [-0.39, 0.29) is 23.7 Å². The predicted octanol–water partition coefficient (Wildman–Crippen LogP) is 3.33. The highest BCUT2D eigenvalue weighted by molar-refractivity contribution is 6.10. The fourth-order valence-corrected chi connectivity index (χ4v) is 4.60. The largest absolute Gasteiger partial charge is 0.493 e. The fraction of sp³-hybridized carbons (Fsp3) is 0.292. The number of nitrogens with zero attached hydrogens (tertiary/aromatic N) is 1. The Bertz CT molecular complexity index is 1100. The van der Waals surface area contributed by atoms with Gasteiger partial charge in [0.15, 0.2) is 17.3 Å². The number of Topliss-reactive ketones (excluding diaryl/α,β-unsaturated/α-hetero) is 1. The van der Waals surface area contributed by atoms with Gasteiger partial charge >= 0.3 is 0 Å². The SMILES string of the molecule is COc1cccc(C2CC(=O)N(c3ccccc3C(N)=O)C3=C2C(=O)CCC3)c1OC. The minimum Gasteiger partial charge on any atom is -0.493 e. The standard InChI is InChI=1S/C24H24N2O5/c1-30-20-12-5-8-14(23(20)31-2)16-13-21(28)26(18-10-6-11-19(27)22(16)18)17-9-4-3-7-15(17)24(25)29/h3-5,7-9,12,16H,6,10-11,13H2,1-2H3,(H2,25,29). The maximum atomic E-state index is 13.4. The van der Waals surface area contributed by atoms with Crippen LogP contribution in [0, 0.1) is 0 Å². The first-order chi connectivity index (χ1) is 15.0. The van der Waals surface area contributed by atoms with Gasteiger partial charge in [0, 0.05) is 35.6 Å². The Morgan fingerprint density at radius 2 is 1.81 bits per heavy atom. The van der Waals surface area contributed by atoms with E-state index in [4.69, 9.17) is 15.2 Å². The van der Waals surface area contributed by atoms with Gasteiger partial charge in [-0.1, -0.05) is 24.3 Å². The number of carbonyl (C=O) groups is 3. The predicted molar refractivity (Wildman–Crippen MR) is 115 cm³/mol. The molecular formula is C24H24N2O5. The number of hydrogen-bond donors (Lipinski definition) is 1. The van der Waals surface area contributed by atoms with Gasteiger partial charge in [0.05, 0.1) is 25.5 Å². The summed E-state index contributed by atoms with van der Waals surface area (Å²) in [5, 5.41) is 0. The summed E-state index contributed by atoms with van der Waals surface area (Å²) in [6, 6.07) is 12.2. The van der Waals surface area contributed by atoms with Crippen LogP contribution in [0.3, 0.4) is 0 Å². The lowest BCUT2D eigenvalue weighted by molar-refractivity contribution is -0.119. The Labute approximate surface area is 180 Å². The summed E-state index contributed by atoms with van der Waals surface area (Å²) in [4.78, 5) is 40.1. The number of allylic oxidation sites excluding steroid dienone is 2. The van der Waals surface area contributed by atoms with E-state index >= 15 is 0 Å². The highest BCUT2D eigenvalue weighted by Crippen LogP contribution is 2.47. The molecule has 0 aromatic heterocycles. The summed E-state index contributed by atoms with van der Waals surface area (Å²) in [5.74, 6) is -0.206. The van der Waals surface area contributed by atoms with E-state index in [0.29, 0.717) is 47.7 Å². The van der Waals surface area contributed by atoms with Crippen LogP contribution in [0.5, 0.6) is 11.5 Å². The zero-order valence-electron chi connectivity index (χ0n) is 17.5. The number of amides is 2. The van der Waals surface area contributed by atoms with E-state index in [9.17, 15) is 14.4 Å². The van der Waals surface area contributed by atoms with Gasteiger partial charge in [0.1, 0.15) is 0 Å². The van der Waals surface area contributed by atoms with Crippen LogP contribution < -0.4 is 20.1 Å². The fourth-order valence-electron chi connectivity index (χ4n) is 4.60. The molecule has 1 unspecified atom stereocenters. The topological polar surface area (TPSA) is 98.9 Å². The van der Waals surface area contributed by atoms with Crippen LogP contribution in [-0.2, 0) is 9.59 Å². The lowest BCUT2D eigenvalue weighted by atomic mass is 9.76. The van der Waals surface area contributed by atoms with E-state index in [1.165, 1.54) is 4.90 Å². The van der Waals surface area contributed by atoms with Gasteiger partial charge in [0.2, 0.25) is 5.91 Å². The number of carbonyl (C=O) groups excluding carboxylic acids is 3. The molecule has 160 valence electrons. The number of methoxy groups -OCH3 is 2. The maximum absolute atomic E-state index is 13.4. The molecule has 1 atom stereocenters. The third kappa shape index (κ3) is 3.46. The number of anilines is 1. The van der Waals surface area contributed by atoms with E-state index in [2.05, 4.69) is 0 Å². The quantitative estimate of drug-likeness (QED) is 0.800. The van der Waals surface area contributed by atoms with Crippen molar-refractivity contribution < 1.29 is 23.9 Å². The van der Waals surface area contributed by atoms with E-state index in [1.807, 2.05) is 12.1 Å². The molecule has 0 radical (unpaired) electrons. The molecule has 4 rings (SSSR count). The number of nitrogens with two attached hydrogens (primary N) is 1. The molecule has 0 fully saturated rings. The van der Waals surface area contributed by atoms with Gasteiger partial charge in [-0.15, -0.1) is 0 Å². The van der Waals surface area contributed by atoms with Gasteiger partial charge in [-0.25, -0.2) is 0 Å². The molecule has 2 N–H and O–H groups in total. The van der Waals surface area contributed by atoms with Gasteiger partial charge in [-0.05, 0) is 31.0 Å². The minimum absolute atomic E-state index is 0.00480. The Kier molecular flexibility index (Phi) is 5.50. The second-order valence-electron chi connectivity index (χ2n) is 7.59. The van der Waals surface area contributed by atoms with Crippen molar-refractivity contribution in [1.82, 2.24) is 0 Å². The summed E-state index contributed by atoms with van der Waals surface area (Å²) in [6.45, 7) is 0. The van der Waals surface area contributed by atoms with E-state index in [1.54, 1.807) is 44.6 Å². The molecule has 0 saturated heterocycles. The highest BCUT2D eigenvalue weighted by atomic mass is 16.5. The number of ether oxygens (including phenoxy) is 2. The number of primary amides is 1. The molecule has 2 aromatic carbocycles. The number of hydrogen-bond acceptors (Lipinski definition) is 5. The Morgan fingerprint density at radius 1 is 1.03 bits per heavy atom. The first-order valence-corrected chi connectivity index (χ1v) is 10.2. The van der Waals surface area contributed by atoms with Crippen LogP contribution in [0.4, 0.5) is 5.69 Å². The van der Waals surface area contributed by atoms with Crippen molar-refractivity contribution in [3.8, 4) is 11.5 Å². The summed E-state index contributed by atoms with van der Waals surface area (Å²) >= 11 is 0. The van der Waals surface area contributed by atoms with Crippen molar-refractivity contribution in [3.63, 3.8) is 0 Å². The molecule has 7 heteroatoms. The molecule has 0 saturated carbocycles. The lowest BCUT2D eigenvalue weighted by Crippen LogP contribution is -2.41. The molecule has 31 heavy (non-hydrogen) atoms. The second kappa shape index (κ2) is 8.26. The van der Waals surface area contributed by atoms with Crippen LogP contribution in [0.2, 0.25) is 0 Å². The summed E-state index contributed by atoms with van der Waals surface area (Å²) < 4.78 is 11.0. The molecule has 1 heterocycles. The van der Waals surface area contributed by atoms with Crippen LogP contribution in [-0.4, -0.2) is 31.8 Å². The van der Waals surface area contributed by atoms with Crippen LogP contribution in [0.1, 0.15) is 47.5 Å². The highest BCUT2D eigenvalue weighted by Gasteiger charge is 2.41. The number of rotatable bonds is 5. The van der Waals surface area contributed by atoms with Crippen LogP contribution in [0.25, 0.3) is 0 Å². The first kappa shape index (κ1) is 20.7. The van der Waals surface area contributed by atoms with Crippen molar-refractivity contribution in [1.29, 1.82) is 0 Å². The Hall–Kier alpha value is -3.61. The molecule has 1 aliphatic carbocycles. The minimum atomic E-state index is -0.621. The zero-order valence-corrected chi connectivity index (χ0v) is 17.5. The lowest BCUT2D eigenvalue weighted by Gasteiger charge is -2.39. The molecular weight excluding hydrogens is 396 g/mol. The van der Waals surface area contributed by atoms with Gasteiger partial charge in [-0.3, -0.25) is 19.3 Å². The van der Waals surface area contributed by atoms with Crippen LogP contribution >= 0.6 is 0 Å². The van der Waals surface area contributed by atoms with Gasteiger partial charge in [0.25, 0.3) is 5.91 Å². The molecule has 2 amide bonds. The van der Waals surface area contributed by atoms with E-state index in [0.717, 1.165) is 5.56 Å². The zero-order chi connectivity index (χ0) is 22.1. The molecule has 2 aromatic rings. The van der Waals surface area contributed by atoms with Crippen molar-refractivity contribution in [3.05, 3.63) is 64.9 Å². The second-order valence-corrected chi connectivity index (χ2v) is 7.59. The van der Waals surface area contributed by atoms with Gasteiger partial charge < -0.3 is 15.2 Å². The van der Waals surface area contributed by atoms with Crippen molar-refractivity contribution in [2.75, 3.05) is 19.1 Å². The maximum Gasteiger partial charge on any atom is 0.250 e. The molecule has 0 spiro atoms. The van der Waals surface area contributed by atoms with Crippen LogP contribution in [0.15, 0.2) is 53.7 Å². The number of benzene rings is 2. The Morgan fingerprint density at radius 3 is 2.52 bits per heavy atom. The summed E-state index contributed by atoms with van der Waals surface area (Å²) in [5.41, 5.74) is 8.19. The molecule has 1 aliphatic heterocycles. The Balaban J connectivity index is 1.93. The smallest absolute Gasteiger partial charge is 0.250 e. The van der Waals surface area contributed by atoms with Crippen molar-refractivity contribution >= 4 is 23.3 Å². The summed E-state index contributed by atoms with van der Waals surface area (Å²) in [6.07, 6.45) is 1.69. The molecule has 0 bridgehead atoms. The first-order valence-electron chi connectivity index (χ1n) is 10.2. The third-order valence-electron chi connectivity index (χ3n) is 5.89. The third-order valence-corrected chi connectivity index (χ3v) is 5.89. The monoisotopic (exact) mass is 420 g/mol. The van der Waals surface area contributed by atoms with Crippen molar-refractivity contribution in [2.45, 2.75) is 31.6 Å². The van der Waals surface area contributed by atoms with Gasteiger partial charge in [-0.2, -0.15) is 0 Å². The average molecular weight is 420 g/mol. The number of para-hydroxylation sites is 2. The van der Waals surface area contributed by atoms with Crippen molar-refractivity contribution in [2.24, 2.45) is 5.73 Å². The summed E-state index contributed by atoms with van der Waals surface area (Å²) in [7, 11) is 3.09. The van der Waals surface area contributed by atoms with E-state index < -0.39 is 11.8 Å².